The minimum Gasteiger partial charge on any atom is -0.448 e. The number of nitrogens with one attached hydrogen (secondary N) is 1. The van der Waals surface area contributed by atoms with Gasteiger partial charge in [0, 0.05) is 12.5 Å². The summed E-state index contributed by atoms with van der Waals surface area (Å²) >= 11 is 0. The molecule has 0 aromatic carbocycles. The van der Waals surface area contributed by atoms with E-state index in [1.807, 2.05) is 13.8 Å². The van der Waals surface area contributed by atoms with Crippen LogP contribution < -0.4 is 5.32 Å². The third kappa shape index (κ3) is 3.66. The average Bonchev–Trinajstić information content (AvgIpc) is 2.93. The molecule has 2 heterocycles. The number of anilines is 1. The molecule has 144 valence electrons. The predicted octanol–water partition coefficient (Wildman–Crippen LogP) is 2.83. The lowest BCUT2D eigenvalue weighted by Gasteiger charge is -2.33. The molecule has 0 atom stereocenters. The quantitative estimate of drug-likeness (QED) is 0.863. The van der Waals surface area contributed by atoms with Crippen molar-refractivity contribution in [3.63, 3.8) is 0 Å². The summed E-state index contributed by atoms with van der Waals surface area (Å²) in [7, 11) is 0. The minimum absolute atomic E-state index is 0.159. The van der Waals surface area contributed by atoms with Gasteiger partial charge < -0.3 is 14.8 Å². The molecule has 9 heteroatoms. The molecule has 0 bridgehead atoms. The van der Waals surface area contributed by atoms with Crippen LogP contribution >= 0.6 is 0 Å². The number of carbonyl (C=O) groups excluding carboxylic acids is 3. The molecule has 1 N–H and O–H groups in total. The van der Waals surface area contributed by atoms with Crippen LogP contribution in [-0.2, 0) is 26.4 Å². The summed E-state index contributed by atoms with van der Waals surface area (Å²) in [5, 5.41) is 6.94. The molecular weight excluding hydrogens is 340 g/mol. The number of hydrogen-bond acceptors (Lipinski definition) is 6. The first-order valence-corrected chi connectivity index (χ1v) is 8.46. The van der Waals surface area contributed by atoms with Crippen LogP contribution in [0.25, 0.3) is 0 Å². The summed E-state index contributed by atoms with van der Waals surface area (Å²) in [6, 6.07) is 0. The van der Waals surface area contributed by atoms with E-state index < -0.39 is 23.3 Å². The maximum Gasteiger partial charge on any atom is 0.436 e. The Labute approximate surface area is 152 Å². The smallest absolute Gasteiger partial charge is 0.436 e. The molecule has 0 fully saturated rings. The number of fused-ring (bicyclic) bond motifs is 1. The van der Waals surface area contributed by atoms with Crippen molar-refractivity contribution in [3.05, 3.63) is 11.3 Å². The summed E-state index contributed by atoms with van der Waals surface area (Å²) in [5.41, 5.74) is -0.356. The Kier molecular flexibility index (Phi) is 5.03. The summed E-state index contributed by atoms with van der Waals surface area (Å²) in [5.74, 6) is -0.142. The van der Waals surface area contributed by atoms with Gasteiger partial charge in [-0.15, -0.1) is 4.68 Å². The van der Waals surface area contributed by atoms with Crippen LogP contribution in [0.2, 0.25) is 0 Å². The van der Waals surface area contributed by atoms with Gasteiger partial charge in [-0.05, 0) is 41.5 Å². The first-order chi connectivity index (χ1) is 11.9. The lowest BCUT2D eigenvalue weighted by molar-refractivity contribution is -0.114. The highest BCUT2D eigenvalue weighted by Crippen LogP contribution is 2.42. The van der Waals surface area contributed by atoms with Crippen molar-refractivity contribution in [1.82, 2.24) is 14.7 Å². The molecule has 0 saturated carbocycles. The SMILES string of the molecule is CCOC(=O)n1nc2c(c1NC(C)=O)CN(C(=O)OC(C)(C)C)C2(C)C. The van der Waals surface area contributed by atoms with Crippen LogP contribution in [0.3, 0.4) is 0 Å². The van der Waals surface area contributed by atoms with Gasteiger partial charge in [0.05, 0.1) is 24.4 Å². The number of amides is 2. The molecule has 2 rings (SSSR count). The van der Waals surface area contributed by atoms with E-state index in [-0.39, 0.29) is 24.9 Å². The van der Waals surface area contributed by atoms with Crippen LogP contribution in [0.15, 0.2) is 0 Å². The van der Waals surface area contributed by atoms with Gasteiger partial charge in [0.25, 0.3) is 0 Å². The molecule has 0 radical (unpaired) electrons. The number of rotatable bonds is 2. The molecule has 1 aliphatic heterocycles. The second-order valence-corrected chi connectivity index (χ2v) is 7.59. The number of nitrogens with zero attached hydrogens (tertiary/aromatic N) is 3. The Morgan fingerprint density at radius 1 is 1.23 bits per heavy atom. The van der Waals surface area contributed by atoms with Gasteiger partial charge in [0.1, 0.15) is 11.4 Å². The number of aromatic nitrogens is 2. The Balaban J connectivity index is 2.45. The van der Waals surface area contributed by atoms with Crippen molar-refractivity contribution in [2.75, 3.05) is 11.9 Å². The molecule has 2 amide bonds. The standard InChI is InChI=1S/C17H26N4O5/c1-8-25-15(24)21-13(18-10(2)22)11-9-20(14(23)26-16(3,4)5)17(6,7)12(11)19-21/h8-9H2,1-7H3,(H,18,22). The fourth-order valence-electron chi connectivity index (χ4n) is 2.80. The van der Waals surface area contributed by atoms with Crippen molar-refractivity contribution in [2.24, 2.45) is 0 Å². The highest BCUT2D eigenvalue weighted by molar-refractivity contribution is 5.91. The molecule has 1 aliphatic rings. The van der Waals surface area contributed by atoms with E-state index in [4.69, 9.17) is 9.47 Å². The maximum atomic E-state index is 12.6. The molecule has 0 aliphatic carbocycles. The van der Waals surface area contributed by atoms with Gasteiger partial charge >= 0.3 is 12.2 Å². The van der Waals surface area contributed by atoms with E-state index in [0.29, 0.717) is 11.3 Å². The predicted molar refractivity (Wildman–Crippen MR) is 93.8 cm³/mol. The average molecular weight is 366 g/mol. The number of hydrogen-bond donors (Lipinski definition) is 1. The molecule has 9 nitrogen and oxygen atoms in total. The highest BCUT2D eigenvalue weighted by Gasteiger charge is 2.47. The van der Waals surface area contributed by atoms with Crippen LogP contribution in [0.4, 0.5) is 15.4 Å². The highest BCUT2D eigenvalue weighted by atomic mass is 16.6. The largest absolute Gasteiger partial charge is 0.448 e. The lowest BCUT2D eigenvalue weighted by Crippen LogP contribution is -2.44. The third-order valence-electron chi connectivity index (χ3n) is 3.90. The normalized spacial score (nSPS) is 15.4. The topological polar surface area (TPSA) is 103 Å². The molecule has 0 saturated heterocycles. The van der Waals surface area contributed by atoms with E-state index in [2.05, 4.69) is 10.4 Å². The Hall–Kier alpha value is -2.58. The molecule has 0 spiro atoms. The summed E-state index contributed by atoms with van der Waals surface area (Å²) in [4.78, 5) is 37.9. The second-order valence-electron chi connectivity index (χ2n) is 7.59. The van der Waals surface area contributed by atoms with Crippen molar-refractivity contribution >= 4 is 23.9 Å². The van der Waals surface area contributed by atoms with Crippen LogP contribution in [0.5, 0.6) is 0 Å². The van der Waals surface area contributed by atoms with E-state index in [9.17, 15) is 14.4 Å². The van der Waals surface area contributed by atoms with Crippen LogP contribution in [0, 0.1) is 0 Å². The van der Waals surface area contributed by atoms with E-state index >= 15 is 0 Å². The molecule has 0 unspecified atom stereocenters. The van der Waals surface area contributed by atoms with Gasteiger partial charge in [0.2, 0.25) is 5.91 Å². The van der Waals surface area contributed by atoms with Crippen LogP contribution in [0.1, 0.15) is 59.7 Å². The van der Waals surface area contributed by atoms with Crippen molar-refractivity contribution in [2.45, 2.75) is 66.2 Å². The summed E-state index contributed by atoms with van der Waals surface area (Å²) < 4.78 is 11.5. The van der Waals surface area contributed by atoms with Gasteiger partial charge in [-0.1, -0.05) is 0 Å². The van der Waals surface area contributed by atoms with Gasteiger partial charge in [-0.2, -0.15) is 5.10 Å². The number of ether oxygens (including phenoxy) is 2. The first-order valence-electron chi connectivity index (χ1n) is 8.46. The Bertz CT molecular complexity index is 745. The fourth-order valence-corrected chi connectivity index (χ4v) is 2.80. The van der Waals surface area contributed by atoms with Gasteiger partial charge in [-0.3, -0.25) is 9.69 Å². The van der Waals surface area contributed by atoms with Gasteiger partial charge in [0.15, 0.2) is 0 Å². The van der Waals surface area contributed by atoms with Crippen LogP contribution in [-0.4, -0.2) is 45.0 Å². The van der Waals surface area contributed by atoms with Gasteiger partial charge in [-0.25, -0.2) is 9.59 Å². The Morgan fingerprint density at radius 3 is 2.35 bits per heavy atom. The lowest BCUT2D eigenvalue weighted by atomic mass is 10.0. The van der Waals surface area contributed by atoms with Crippen molar-refractivity contribution < 1.29 is 23.9 Å². The molecule has 1 aromatic rings. The zero-order valence-electron chi connectivity index (χ0n) is 16.3. The molecule has 26 heavy (non-hydrogen) atoms. The zero-order valence-corrected chi connectivity index (χ0v) is 16.3. The first kappa shape index (κ1) is 19.7. The monoisotopic (exact) mass is 366 g/mol. The van der Waals surface area contributed by atoms with E-state index in [1.165, 1.54) is 11.8 Å². The van der Waals surface area contributed by atoms with Crippen molar-refractivity contribution in [1.29, 1.82) is 0 Å². The fraction of sp³-hybridized carbons (Fsp3) is 0.647. The minimum atomic E-state index is -0.817. The van der Waals surface area contributed by atoms with E-state index in [0.717, 1.165) is 4.68 Å². The third-order valence-corrected chi connectivity index (χ3v) is 3.90. The molecule has 1 aromatic heterocycles. The maximum absolute atomic E-state index is 12.6. The second kappa shape index (κ2) is 6.62. The zero-order chi connectivity index (χ0) is 19.9. The number of carbonyl (C=O) groups is 3. The summed E-state index contributed by atoms with van der Waals surface area (Å²) in [6.07, 6.45) is -1.18. The van der Waals surface area contributed by atoms with E-state index in [1.54, 1.807) is 27.7 Å². The summed E-state index contributed by atoms with van der Waals surface area (Å²) in [6.45, 7) is 12.3. The molecular formula is C17H26N4O5. The Morgan fingerprint density at radius 2 is 1.85 bits per heavy atom. The van der Waals surface area contributed by atoms with Crippen molar-refractivity contribution in [3.8, 4) is 0 Å².